The molecule has 0 aromatic heterocycles. The van der Waals surface area contributed by atoms with Gasteiger partial charge >= 0.3 is 0 Å². The van der Waals surface area contributed by atoms with Crippen LogP contribution in [0.1, 0.15) is 33.1 Å². The van der Waals surface area contributed by atoms with Crippen LogP contribution in [0.2, 0.25) is 0 Å². The minimum absolute atomic E-state index is 0.428. The Kier molecular flexibility index (Phi) is 1.80. The van der Waals surface area contributed by atoms with Gasteiger partial charge in [0.25, 0.3) is 0 Å². The van der Waals surface area contributed by atoms with Crippen LogP contribution in [0.15, 0.2) is 5.10 Å². The molecule has 4 atom stereocenters. The first kappa shape index (κ1) is 9.20. The molecule has 0 spiro atoms. The van der Waals surface area contributed by atoms with Gasteiger partial charge in [-0.15, -0.1) is 0 Å². The maximum absolute atomic E-state index is 4.68. The van der Waals surface area contributed by atoms with Crippen molar-refractivity contribution in [3.05, 3.63) is 0 Å². The number of hydrogen-bond donors (Lipinski definition) is 0. The van der Waals surface area contributed by atoms with Crippen molar-refractivity contribution < 1.29 is 0 Å². The SMILES string of the molecule is CC1=NN2CC2(C)[C@@H]2CCC(Br)CC12. The van der Waals surface area contributed by atoms with Crippen LogP contribution in [-0.4, -0.2) is 27.6 Å². The summed E-state index contributed by atoms with van der Waals surface area (Å²) in [6, 6.07) is 0. The second kappa shape index (κ2) is 2.75. The first-order valence-corrected chi connectivity index (χ1v) is 6.49. The van der Waals surface area contributed by atoms with Gasteiger partial charge in [0, 0.05) is 16.5 Å². The monoisotopic (exact) mass is 256 g/mol. The molecule has 0 aromatic carbocycles. The van der Waals surface area contributed by atoms with E-state index in [0.717, 1.165) is 16.7 Å². The zero-order chi connectivity index (χ0) is 9.92. The van der Waals surface area contributed by atoms with Gasteiger partial charge in [0.2, 0.25) is 0 Å². The molecular formula is C11H17BrN2. The Morgan fingerprint density at radius 3 is 3.07 bits per heavy atom. The average molecular weight is 257 g/mol. The van der Waals surface area contributed by atoms with Crippen molar-refractivity contribution in [3.8, 4) is 0 Å². The van der Waals surface area contributed by atoms with E-state index in [2.05, 4.69) is 39.9 Å². The first-order chi connectivity index (χ1) is 6.61. The highest BCUT2D eigenvalue weighted by Gasteiger charge is 2.59. The highest BCUT2D eigenvalue weighted by molar-refractivity contribution is 9.09. The van der Waals surface area contributed by atoms with Crippen molar-refractivity contribution in [1.82, 2.24) is 5.01 Å². The topological polar surface area (TPSA) is 15.4 Å². The van der Waals surface area contributed by atoms with Crippen LogP contribution in [0.4, 0.5) is 0 Å². The fraction of sp³-hybridized carbons (Fsp3) is 0.909. The summed E-state index contributed by atoms with van der Waals surface area (Å²) in [5.74, 6) is 1.62. The lowest BCUT2D eigenvalue weighted by molar-refractivity contribution is 0.192. The molecule has 0 radical (unpaired) electrons. The minimum atomic E-state index is 0.428. The van der Waals surface area contributed by atoms with Gasteiger partial charge < -0.3 is 0 Å². The summed E-state index contributed by atoms with van der Waals surface area (Å²) < 4.78 is 0. The van der Waals surface area contributed by atoms with Crippen LogP contribution in [0, 0.1) is 11.8 Å². The number of halogens is 1. The van der Waals surface area contributed by atoms with Crippen LogP contribution in [0.3, 0.4) is 0 Å². The second-order valence-electron chi connectivity index (χ2n) is 5.28. The van der Waals surface area contributed by atoms with E-state index in [1.54, 1.807) is 0 Å². The largest absolute Gasteiger partial charge is 0.287 e. The zero-order valence-corrected chi connectivity index (χ0v) is 10.4. The summed E-state index contributed by atoms with van der Waals surface area (Å²) in [4.78, 5) is 0.725. The summed E-state index contributed by atoms with van der Waals surface area (Å²) in [6.07, 6.45) is 4.02. The highest BCUT2D eigenvalue weighted by atomic mass is 79.9. The summed E-state index contributed by atoms with van der Waals surface area (Å²) in [5, 5.41) is 6.97. The molecule has 0 N–H and O–H groups in total. The molecule has 3 heteroatoms. The van der Waals surface area contributed by atoms with E-state index in [1.807, 2.05) is 0 Å². The van der Waals surface area contributed by atoms with E-state index in [-0.39, 0.29) is 0 Å². The van der Waals surface area contributed by atoms with Crippen LogP contribution < -0.4 is 0 Å². The highest BCUT2D eigenvalue weighted by Crippen LogP contribution is 2.52. The fourth-order valence-corrected chi connectivity index (χ4v) is 3.98. The Labute approximate surface area is 93.9 Å². The molecule has 14 heavy (non-hydrogen) atoms. The molecule has 2 aliphatic heterocycles. The van der Waals surface area contributed by atoms with Crippen LogP contribution in [0.5, 0.6) is 0 Å². The van der Waals surface area contributed by atoms with Crippen LogP contribution in [-0.2, 0) is 0 Å². The molecule has 3 unspecified atom stereocenters. The maximum Gasteiger partial charge on any atom is 0.0777 e. The lowest BCUT2D eigenvalue weighted by Crippen LogP contribution is -2.42. The Morgan fingerprint density at radius 2 is 2.29 bits per heavy atom. The average Bonchev–Trinajstić information content (AvgIpc) is 2.77. The van der Waals surface area contributed by atoms with Crippen LogP contribution >= 0.6 is 15.9 Å². The van der Waals surface area contributed by atoms with Crippen molar-refractivity contribution in [2.45, 2.75) is 43.5 Å². The first-order valence-electron chi connectivity index (χ1n) is 5.58. The van der Waals surface area contributed by atoms with E-state index in [4.69, 9.17) is 0 Å². The maximum atomic E-state index is 4.68. The lowest BCUT2D eigenvalue weighted by atomic mass is 9.70. The van der Waals surface area contributed by atoms with Gasteiger partial charge in [-0.25, -0.2) is 0 Å². The molecular weight excluding hydrogens is 240 g/mol. The third kappa shape index (κ3) is 1.11. The second-order valence-corrected chi connectivity index (χ2v) is 6.57. The predicted octanol–water partition coefficient (Wildman–Crippen LogP) is 2.63. The van der Waals surface area contributed by atoms with Crippen molar-refractivity contribution in [1.29, 1.82) is 0 Å². The van der Waals surface area contributed by atoms with Crippen molar-refractivity contribution in [2.75, 3.05) is 6.54 Å². The molecule has 2 fully saturated rings. The number of rotatable bonds is 0. The fourth-order valence-electron chi connectivity index (χ4n) is 3.32. The van der Waals surface area contributed by atoms with Gasteiger partial charge in [0.15, 0.2) is 0 Å². The third-order valence-corrected chi connectivity index (χ3v) is 5.19. The van der Waals surface area contributed by atoms with Gasteiger partial charge in [0.05, 0.1) is 12.1 Å². The summed E-state index contributed by atoms with van der Waals surface area (Å²) in [6.45, 7) is 5.79. The molecule has 3 rings (SSSR count). The van der Waals surface area contributed by atoms with Gasteiger partial charge in [-0.05, 0) is 39.0 Å². The van der Waals surface area contributed by atoms with Crippen molar-refractivity contribution in [3.63, 3.8) is 0 Å². The molecule has 3 aliphatic rings. The number of alkyl halides is 1. The Hall–Kier alpha value is -0.0500. The molecule has 0 bridgehead atoms. The standard InChI is InChI=1S/C11H17BrN2/c1-7-9-5-8(12)3-4-10(9)11(2)6-14(11)13-7/h8-10H,3-6H2,1-2H3/t8?,9?,10-,11?,14?/m1/s1. The van der Waals surface area contributed by atoms with Gasteiger partial charge in [0.1, 0.15) is 0 Å². The normalized spacial score (nSPS) is 50.6. The molecule has 1 saturated heterocycles. The number of fused-ring (bicyclic) bond motifs is 3. The van der Waals surface area contributed by atoms with Crippen molar-refractivity contribution in [2.24, 2.45) is 16.9 Å². The Morgan fingerprint density at radius 1 is 1.50 bits per heavy atom. The predicted molar refractivity (Wildman–Crippen MR) is 61.8 cm³/mol. The lowest BCUT2D eigenvalue weighted by Gasteiger charge is -2.40. The molecule has 0 aromatic rings. The van der Waals surface area contributed by atoms with Crippen molar-refractivity contribution >= 4 is 21.6 Å². The molecule has 0 amide bonds. The number of hydrogen-bond acceptors (Lipinski definition) is 2. The molecule has 78 valence electrons. The molecule has 1 aliphatic carbocycles. The summed E-state index contributed by atoms with van der Waals surface area (Å²) in [5.41, 5.74) is 1.80. The van der Waals surface area contributed by atoms with E-state index in [1.165, 1.54) is 31.5 Å². The van der Waals surface area contributed by atoms with Gasteiger partial charge in [-0.1, -0.05) is 15.9 Å². The minimum Gasteiger partial charge on any atom is -0.287 e. The quantitative estimate of drug-likeness (QED) is 0.481. The molecule has 2 heterocycles. The molecule has 2 nitrogen and oxygen atoms in total. The summed E-state index contributed by atoms with van der Waals surface area (Å²) >= 11 is 3.76. The summed E-state index contributed by atoms with van der Waals surface area (Å²) in [7, 11) is 0. The molecule has 1 saturated carbocycles. The Balaban J connectivity index is 1.92. The van der Waals surface area contributed by atoms with E-state index in [0.29, 0.717) is 5.54 Å². The van der Waals surface area contributed by atoms with E-state index >= 15 is 0 Å². The number of nitrogens with zero attached hydrogens (tertiary/aromatic N) is 2. The number of hydrazone groups is 1. The zero-order valence-electron chi connectivity index (χ0n) is 8.83. The smallest absolute Gasteiger partial charge is 0.0777 e. The van der Waals surface area contributed by atoms with E-state index in [9.17, 15) is 0 Å². The Bertz CT molecular complexity index is 302. The third-order valence-electron chi connectivity index (χ3n) is 4.36. The van der Waals surface area contributed by atoms with Crippen LogP contribution in [0.25, 0.3) is 0 Å². The van der Waals surface area contributed by atoms with Gasteiger partial charge in [-0.2, -0.15) is 5.10 Å². The van der Waals surface area contributed by atoms with Gasteiger partial charge in [-0.3, -0.25) is 5.01 Å². The van der Waals surface area contributed by atoms with E-state index < -0.39 is 0 Å².